The molecule has 6 aromatic rings. The number of urea groups is 1. The molecule has 618 valence electrons. The van der Waals surface area contributed by atoms with Crippen LogP contribution in [0.3, 0.4) is 0 Å². The maximum absolute atomic E-state index is 14.0. The number of rotatable bonds is 28. The number of amides is 3. The average molecular weight is 1670 g/mol. The van der Waals surface area contributed by atoms with Crippen LogP contribution < -0.4 is 26.4 Å². The van der Waals surface area contributed by atoms with Crippen molar-refractivity contribution in [1.82, 2.24) is 25.4 Å². The number of nitrogens with one attached hydrogen (secondary N) is 3. The van der Waals surface area contributed by atoms with E-state index in [4.69, 9.17) is 45.5 Å². The van der Waals surface area contributed by atoms with Gasteiger partial charge in [0.1, 0.15) is 18.2 Å². The van der Waals surface area contributed by atoms with Crippen LogP contribution in [-0.2, 0) is 57.0 Å². The number of carbonyl (C=O) groups is 5. The Hall–Kier alpha value is -7.07. The number of nitro groups is 1. The number of ether oxygens (including phenoxy) is 5. The summed E-state index contributed by atoms with van der Waals surface area (Å²) in [6.07, 6.45) is 6.24. The Morgan fingerprint density at radius 3 is 1.64 bits per heavy atom. The lowest BCUT2D eigenvalue weighted by molar-refractivity contribution is -0.384. The molecule has 1 aliphatic heterocycles. The zero-order valence-corrected chi connectivity index (χ0v) is 71.2. The fourth-order valence-corrected chi connectivity index (χ4v) is 11.1. The summed E-state index contributed by atoms with van der Waals surface area (Å²) in [5.41, 5.74) is 4.53. The summed E-state index contributed by atoms with van der Waals surface area (Å²) in [7, 11) is 4.19. The van der Waals surface area contributed by atoms with Crippen LogP contribution in [0.2, 0.25) is 36.3 Å². The fraction of sp³-hybridized carbons (Fsp3) is 0.493. The number of non-ortho nitro benzene ring substituents is 1. The molecule has 0 radical (unpaired) electrons. The summed E-state index contributed by atoms with van der Waals surface area (Å²) in [6.45, 7) is 24.7. The van der Waals surface area contributed by atoms with Gasteiger partial charge in [0.2, 0.25) is 0 Å². The van der Waals surface area contributed by atoms with Crippen molar-refractivity contribution in [2.45, 2.75) is 167 Å². The van der Waals surface area contributed by atoms with Crippen molar-refractivity contribution < 1.29 is 92.9 Å². The molecule has 7 rings (SSSR count). The van der Waals surface area contributed by atoms with Crippen molar-refractivity contribution in [1.29, 1.82) is 0 Å². The summed E-state index contributed by atoms with van der Waals surface area (Å²) in [6, 6.07) is 25.3. The molecule has 1 aromatic heterocycles. The van der Waals surface area contributed by atoms with E-state index in [2.05, 4.69) is 98.1 Å². The van der Waals surface area contributed by atoms with Crippen molar-refractivity contribution in [2.24, 2.45) is 5.73 Å². The molecular formula is C75H113ClF6N8O15S3Si2. The van der Waals surface area contributed by atoms with Gasteiger partial charge in [-0.25, -0.2) is 45.7 Å². The number of nitrogens with zero attached hydrogens (tertiary/aromatic N) is 4. The van der Waals surface area contributed by atoms with Gasteiger partial charge in [-0.2, -0.15) is 40.5 Å². The van der Waals surface area contributed by atoms with Crippen LogP contribution in [0, 0.1) is 45.0 Å². The van der Waals surface area contributed by atoms with E-state index in [-0.39, 0.29) is 155 Å². The van der Waals surface area contributed by atoms with Crippen LogP contribution in [0.4, 0.5) is 52.2 Å². The highest BCUT2D eigenvalue weighted by atomic mass is 35.5. The Kier molecular flexibility index (Phi) is 51.3. The first-order valence-electron chi connectivity index (χ1n) is 34.6. The van der Waals surface area contributed by atoms with Gasteiger partial charge in [-0.3, -0.25) is 29.9 Å². The average Bonchev–Trinajstić information content (AvgIpc) is 0.909. The van der Waals surface area contributed by atoms with E-state index in [1.165, 1.54) is 92.6 Å². The lowest BCUT2D eigenvalue weighted by atomic mass is 10.1. The van der Waals surface area contributed by atoms with Gasteiger partial charge in [-0.15, -0.1) is 0 Å². The largest absolute Gasteiger partial charge is 0.469 e. The second-order valence-electron chi connectivity index (χ2n) is 27.6. The monoisotopic (exact) mass is 1670 g/mol. The van der Waals surface area contributed by atoms with Gasteiger partial charge in [0, 0.05) is 130 Å². The molecule has 0 saturated carbocycles. The summed E-state index contributed by atoms with van der Waals surface area (Å²) in [4.78, 5) is 74.9. The summed E-state index contributed by atoms with van der Waals surface area (Å²) in [5.74, 6) is -5.43. The molecule has 0 unspecified atom stereocenters. The number of nitro benzene ring substituents is 1. The number of pyridine rings is 1. The van der Waals surface area contributed by atoms with Crippen LogP contribution in [-0.4, -0.2) is 164 Å². The Morgan fingerprint density at radius 1 is 0.682 bits per heavy atom. The van der Waals surface area contributed by atoms with Gasteiger partial charge in [0.05, 0.1) is 31.8 Å². The molecule has 3 atom stereocenters. The van der Waals surface area contributed by atoms with Crippen molar-refractivity contribution in [3.05, 3.63) is 177 Å². The zero-order valence-electron chi connectivity index (χ0n) is 65.4. The number of fused-ring (bicyclic) bond motifs is 1. The second kappa shape index (κ2) is 53.8. The minimum atomic E-state index is -2.06. The molecular weight excluding hydrogens is 1550 g/mol. The van der Waals surface area contributed by atoms with Crippen molar-refractivity contribution in [3.63, 3.8) is 0 Å². The number of aliphatic hydroxyl groups excluding tert-OH is 1. The third-order valence-electron chi connectivity index (χ3n) is 17.8. The third-order valence-corrected chi connectivity index (χ3v) is 26.9. The number of nitrogens with two attached hydrogens (primary N) is 1. The number of aliphatic hydroxyl groups is 1. The summed E-state index contributed by atoms with van der Waals surface area (Å²) >= 11 is 4.92. The molecule has 23 nitrogen and oxygen atoms in total. The van der Waals surface area contributed by atoms with Gasteiger partial charge in [0.25, 0.3) is 5.69 Å². The zero-order chi connectivity index (χ0) is 80.7. The number of hydrogen-bond donors (Lipinski definition) is 5. The fourth-order valence-electron chi connectivity index (χ4n) is 8.91. The number of esters is 2. The first-order chi connectivity index (χ1) is 50.3. The highest BCUT2D eigenvalue weighted by Gasteiger charge is 2.39. The van der Waals surface area contributed by atoms with Gasteiger partial charge in [0.15, 0.2) is 51.5 Å². The SMILES string of the molecule is C1CCOC1.CN(Cc1cccc(F)c1F)[C@@H](CCCO)COC(=O)Nc1cc2ccccc2cn1.CN[C@@H](CCC(=O)OC)CO[Si](C)(C)C(C)(C)C.COC(=O)CC[C@@H](CO[Si](C)(C)C(C)(C)C)N(C)C(=O)NCc1cccc(F)c1F.NCc1cccc(F)c1F.O=C(Cl)Oc1ccc([N+](=O)[O-])cc1.S.S.S. The maximum Gasteiger partial charge on any atom is 0.412 e. The number of aromatic nitrogens is 1. The van der Waals surface area contributed by atoms with Gasteiger partial charge < -0.3 is 58.9 Å². The lowest BCUT2D eigenvalue weighted by Crippen LogP contribution is -2.49. The Balaban J connectivity index is 0. The Morgan fingerprint density at radius 2 is 1.17 bits per heavy atom. The molecule has 3 amide bonds. The number of carbonyl (C=O) groups excluding carboxylic acids is 5. The van der Waals surface area contributed by atoms with Gasteiger partial charge in [-0.1, -0.05) is 102 Å². The quantitative estimate of drug-likeness (QED) is 0.00580. The van der Waals surface area contributed by atoms with Crippen LogP contribution in [0.1, 0.15) is 110 Å². The number of halogens is 7. The minimum absolute atomic E-state index is 0. The normalized spacial score (nSPS) is 12.4. The highest BCUT2D eigenvalue weighted by molar-refractivity contribution is 7.59. The Labute approximate surface area is 670 Å². The molecule has 110 heavy (non-hydrogen) atoms. The number of methoxy groups -OCH3 is 2. The summed E-state index contributed by atoms with van der Waals surface area (Å²) < 4.78 is 116. The molecule has 35 heteroatoms. The smallest absolute Gasteiger partial charge is 0.412 e. The first kappa shape index (κ1) is 105. The topological polar surface area (TPSA) is 295 Å². The Bertz CT molecular complexity index is 3720. The molecule has 2 heterocycles. The highest BCUT2D eigenvalue weighted by Crippen LogP contribution is 2.38. The summed E-state index contributed by atoms with van der Waals surface area (Å²) in [5, 5.41) is 29.9. The number of anilines is 1. The molecule has 1 aliphatic rings. The minimum Gasteiger partial charge on any atom is -0.469 e. The number of benzene rings is 5. The van der Waals surface area contributed by atoms with Crippen LogP contribution in [0.15, 0.2) is 115 Å². The molecule has 0 bridgehead atoms. The van der Waals surface area contributed by atoms with E-state index in [0.29, 0.717) is 38.1 Å². The molecule has 1 fully saturated rings. The predicted octanol–water partition coefficient (Wildman–Crippen LogP) is 16.2. The van der Waals surface area contributed by atoms with E-state index < -0.39 is 74.0 Å². The lowest BCUT2D eigenvalue weighted by Gasteiger charge is -2.38. The first-order valence-corrected chi connectivity index (χ1v) is 40.8. The van der Waals surface area contributed by atoms with Crippen LogP contribution >= 0.6 is 52.1 Å². The van der Waals surface area contributed by atoms with Crippen LogP contribution in [0.5, 0.6) is 5.75 Å². The van der Waals surface area contributed by atoms with E-state index >= 15 is 0 Å². The van der Waals surface area contributed by atoms with Crippen molar-refractivity contribution >= 4 is 120 Å². The van der Waals surface area contributed by atoms with Gasteiger partial charge in [-0.05, 0) is 131 Å². The van der Waals surface area contributed by atoms with E-state index in [0.717, 1.165) is 48.6 Å². The third kappa shape index (κ3) is 39.4. The molecule has 5 aromatic carbocycles. The second-order valence-corrected chi connectivity index (χ2v) is 37.5. The van der Waals surface area contributed by atoms with Crippen molar-refractivity contribution in [2.75, 3.05) is 80.3 Å². The number of hydrogen-bond acceptors (Lipinski definition) is 19. The van der Waals surface area contributed by atoms with E-state index in [1.54, 1.807) is 31.3 Å². The molecule has 6 N–H and O–H groups in total. The van der Waals surface area contributed by atoms with Crippen molar-refractivity contribution in [3.8, 4) is 5.75 Å². The molecule has 1 saturated heterocycles. The van der Waals surface area contributed by atoms with E-state index in [1.807, 2.05) is 31.3 Å². The molecule has 0 aliphatic carbocycles. The predicted molar refractivity (Wildman–Crippen MR) is 437 cm³/mol. The van der Waals surface area contributed by atoms with Crippen LogP contribution in [0.25, 0.3) is 10.8 Å². The number of likely N-dealkylation sites (N-methyl/N-ethyl adjacent to an activating group) is 3. The standard InChI is InChI=1S/C23H25F2N3O3.C21H34F2N2O4Si.C13H29NO3Si.C7H4ClNO4.C7H7F2N.C4H8O.3H2S/c1-28(14-18-8-4-10-20(24)22(18)25)19(9-5-11-29)15-31-23(30)27-21-12-16-6-2-3-7-17(16)13-26-21;1-21(2,3)30(6,7)29-14-16(11-12-18(26)28-5)25(4)20(27)24-13-15-9-8-10-17(22)19(15)23;1-13(2,3)18(6,7)17-10-11(14-4)8-9-12(15)16-5;8-7(10)13-6-3-1-5(2-4-6)9(11)12;8-6-3-1-2-5(4-10)7(6)9;1-2-4-5-3-1;;;/h2-4,6-8,10,12-13,19,29H,5,9,11,14-15H2,1H3,(H,26,27,30);8-10,16H,11-14H2,1-7H3,(H,24,27);11,14H,8-10H2,1-7H3;1-4H;1-3H,4,10H2;1-4H2;3*1H2/t19-;16-;11-;;;;;;/m000....../s1. The van der Waals surface area contributed by atoms with Gasteiger partial charge >= 0.3 is 29.5 Å². The molecule has 0 spiro atoms. The van der Waals surface area contributed by atoms with E-state index in [9.17, 15) is 60.4 Å². The maximum atomic E-state index is 14.0.